The molecule has 0 bridgehead atoms. The molecule has 3 aromatic rings. The highest BCUT2D eigenvalue weighted by atomic mass is 32.2. The first-order valence-corrected chi connectivity index (χ1v) is 10.1. The van der Waals surface area contributed by atoms with Crippen LogP contribution in [-0.4, -0.2) is 19.5 Å². The molecule has 7 nitrogen and oxygen atoms in total. The van der Waals surface area contributed by atoms with Gasteiger partial charge < -0.3 is 9.84 Å². The Bertz CT molecular complexity index is 1130. The van der Waals surface area contributed by atoms with Crippen molar-refractivity contribution in [1.29, 1.82) is 0 Å². The lowest BCUT2D eigenvalue weighted by atomic mass is 10.1. The second-order valence-electron chi connectivity index (χ2n) is 6.68. The lowest BCUT2D eigenvalue weighted by Gasteiger charge is -2.14. The van der Waals surface area contributed by atoms with Crippen LogP contribution in [0.2, 0.25) is 0 Å². The van der Waals surface area contributed by atoms with Gasteiger partial charge in [-0.25, -0.2) is 8.42 Å². The van der Waals surface area contributed by atoms with E-state index in [1.807, 2.05) is 32.9 Å². The first-order valence-electron chi connectivity index (χ1n) is 8.61. The zero-order valence-corrected chi connectivity index (χ0v) is 16.8. The first kappa shape index (κ1) is 19.6. The average Bonchev–Trinajstić information content (AvgIpc) is 3.03. The molecule has 0 saturated carbocycles. The van der Waals surface area contributed by atoms with E-state index in [1.54, 1.807) is 13.0 Å². The van der Waals surface area contributed by atoms with Crippen LogP contribution in [0.15, 0.2) is 51.9 Å². The number of nitrogens with zero attached hydrogens (tertiary/aromatic N) is 1. The van der Waals surface area contributed by atoms with Gasteiger partial charge in [0, 0.05) is 11.6 Å². The Labute approximate surface area is 163 Å². The summed E-state index contributed by atoms with van der Waals surface area (Å²) in [7, 11) is -3.86. The Morgan fingerprint density at radius 1 is 1.00 bits per heavy atom. The van der Waals surface area contributed by atoms with Crippen molar-refractivity contribution < 1.29 is 17.7 Å². The van der Waals surface area contributed by atoms with Gasteiger partial charge in [0.1, 0.15) is 5.76 Å². The van der Waals surface area contributed by atoms with Crippen LogP contribution in [0, 0.1) is 27.7 Å². The molecule has 0 saturated heterocycles. The van der Waals surface area contributed by atoms with Crippen LogP contribution in [0.1, 0.15) is 32.8 Å². The molecule has 2 N–H and O–H groups in total. The summed E-state index contributed by atoms with van der Waals surface area (Å²) < 4.78 is 33.3. The highest BCUT2D eigenvalue weighted by Crippen LogP contribution is 2.25. The number of anilines is 2. The van der Waals surface area contributed by atoms with E-state index in [2.05, 4.69) is 15.2 Å². The van der Waals surface area contributed by atoms with E-state index < -0.39 is 15.9 Å². The fraction of sp³-hybridized carbons (Fsp3) is 0.200. The molecule has 1 heterocycles. The number of rotatable bonds is 5. The number of sulfonamides is 1. The molecule has 28 heavy (non-hydrogen) atoms. The highest BCUT2D eigenvalue weighted by Gasteiger charge is 2.19. The lowest BCUT2D eigenvalue weighted by molar-refractivity contribution is 0.102. The minimum absolute atomic E-state index is 0.00383. The minimum Gasteiger partial charge on any atom is -0.360 e. The highest BCUT2D eigenvalue weighted by molar-refractivity contribution is 7.92. The number of benzene rings is 2. The Morgan fingerprint density at radius 2 is 1.68 bits per heavy atom. The van der Waals surface area contributed by atoms with Crippen molar-refractivity contribution in [1.82, 2.24) is 5.16 Å². The smallest absolute Gasteiger partial charge is 0.261 e. The zero-order valence-electron chi connectivity index (χ0n) is 16.0. The van der Waals surface area contributed by atoms with Crippen molar-refractivity contribution in [2.75, 3.05) is 10.0 Å². The van der Waals surface area contributed by atoms with Gasteiger partial charge >= 0.3 is 0 Å². The number of aromatic nitrogens is 1. The van der Waals surface area contributed by atoms with Gasteiger partial charge in [-0.05, 0) is 57.0 Å². The van der Waals surface area contributed by atoms with Crippen molar-refractivity contribution in [2.24, 2.45) is 0 Å². The summed E-state index contributed by atoms with van der Waals surface area (Å²) in [5.74, 6) is 0.340. The second-order valence-corrected chi connectivity index (χ2v) is 8.37. The van der Waals surface area contributed by atoms with Crippen LogP contribution in [0.4, 0.5) is 11.5 Å². The van der Waals surface area contributed by atoms with E-state index in [4.69, 9.17) is 4.52 Å². The zero-order chi connectivity index (χ0) is 20.5. The number of hydrogen-bond donors (Lipinski definition) is 2. The largest absolute Gasteiger partial charge is 0.360 e. The number of amides is 1. The molecule has 2 aromatic carbocycles. The van der Waals surface area contributed by atoms with Gasteiger partial charge in [-0.15, -0.1) is 0 Å². The summed E-state index contributed by atoms with van der Waals surface area (Å²) >= 11 is 0. The van der Waals surface area contributed by atoms with Gasteiger partial charge in [0.15, 0.2) is 5.82 Å². The van der Waals surface area contributed by atoms with Crippen molar-refractivity contribution in [3.63, 3.8) is 0 Å². The molecular formula is C20H21N3O4S. The Kier molecular flexibility index (Phi) is 5.24. The van der Waals surface area contributed by atoms with E-state index in [-0.39, 0.29) is 16.3 Å². The summed E-state index contributed by atoms with van der Waals surface area (Å²) in [6.45, 7) is 7.36. The van der Waals surface area contributed by atoms with Crippen LogP contribution in [0.5, 0.6) is 0 Å². The maximum Gasteiger partial charge on any atom is 0.261 e. The molecular weight excluding hydrogens is 378 g/mol. The van der Waals surface area contributed by atoms with Gasteiger partial charge in [-0.3, -0.25) is 9.52 Å². The van der Waals surface area contributed by atoms with E-state index in [9.17, 15) is 13.2 Å². The molecule has 0 spiro atoms. The molecule has 0 fully saturated rings. The second kappa shape index (κ2) is 7.47. The minimum atomic E-state index is -3.86. The van der Waals surface area contributed by atoms with Crippen LogP contribution < -0.4 is 10.0 Å². The van der Waals surface area contributed by atoms with Crippen LogP contribution in [0.3, 0.4) is 0 Å². The Balaban J connectivity index is 1.87. The van der Waals surface area contributed by atoms with Crippen molar-refractivity contribution in [3.8, 4) is 0 Å². The molecule has 0 radical (unpaired) electrons. The molecule has 3 rings (SSSR count). The Hall–Kier alpha value is -3.13. The van der Waals surface area contributed by atoms with Gasteiger partial charge in [0.05, 0.1) is 10.6 Å². The molecule has 1 aromatic heterocycles. The SMILES string of the molecule is Cc1cc(C)c(NS(=O)(=O)c2cccc(C(=O)Nc3cc(C)on3)c2)c(C)c1. The maximum atomic E-state index is 12.9. The number of carbonyl (C=O) groups excluding carboxylic acids is 1. The molecule has 1 amide bonds. The van der Waals surface area contributed by atoms with E-state index in [0.717, 1.165) is 16.7 Å². The van der Waals surface area contributed by atoms with Crippen molar-refractivity contribution in [2.45, 2.75) is 32.6 Å². The van der Waals surface area contributed by atoms with Gasteiger partial charge in [0.2, 0.25) is 0 Å². The molecule has 0 aliphatic heterocycles. The van der Waals surface area contributed by atoms with Gasteiger partial charge in [-0.2, -0.15) is 0 Å². The number of hydrogen-bond acceptors (Lipinski definition) is 5. The molecule has 8 heteroatoms. The standard InChI is InChI=1S/C20H21N3O4S/c1-12-8-13(2)19(14(3)9-12)23-28(25,26)17-7-5-6-16(11-17)20(24)21-18-10-15(4)27-22-18/h5-11,23H,1-4H3,(H,21,22,24). The number of carbonyl (C=O) groups is 1. The maximum absolute atomic E-state index is 12.9. The van der Waals surface area contributed by atoms with Gasteiger partial charge in [-0.1, -0.05) is 28.9 Å². The predicted octanol–water partition coefficient (Wildman–Crippen LogP) is 3.96. The summed E-state index contributed by atoms with van der Waals surface area (Å²) in [5.41, 5.74) is 3.45. The lowest BCUT2D eigenvalue weighted by Crippen LogP contribution is -2.17. The van der Waals surface area contributed by atoms with E-state index in [0.29, 0.717) is 11.4 Å². The van der Waals surface area contributed by atoms with Crippen molar-refractivity contribution in [3.05, 3.63) is 70.5 Å². The normalized spacial score (nSPS) is 11.3. The quantitative estimate of drug-likeness (QED) is 0.676. The topological polar surface area (TPSA) is 101 Å². The Morgan fingerprint density at radius 3 is 2.29 bits per heavy atom. The van der Waals surface area contributed by atoms with Crippen LogP contribution in [-0.2, 0) is 10.0 Å². The summed E-state index contributed by atoms with van der Waals surface area (Å²) in [6.07, 6.45) is 0. The fourth-order valence-electron chi connectivity index (χ4n) is 2.95. The van der Waals surface area contributed by atoms with E-state index >= 15 is 0 Å². The van der Waals surface area contributed by atoms with Gasteiger partial charge in [0.25, 0.3) is 15.9 Å². The monoisotopic (exact) mass is 399 g/mol. The summed E-state index contributed by atoms with van der Waals surface area (Å²) in [5, 5.41) is 6.27. The number of aryl methyl sites for hydroxylation is 4. The summed E-state index contributed by atoms with van der Waals surface area (Å²) in [4.78, 5) is 12.4. The summed E-state index contributed by atoms with van der Waals surface area (Å²) in [6, 6.07) is 11.2. The molecule has 0 aliphatic rings. The fourth-order valence-corrected chi connectivity index (χ4v) is 4.20. The van der Waals surface area contributed by atoms with Crippen LogP contribution >= 0.6 is 0 Å². The molecule has 0 unspecified atom stereocenters. The third-order valence-electron chi connectivity index (χ3n) is 4.19. The van der Waals surface area contributed by atoms with Crippen LogP contribution in [0.25, 0.3) is 0 Å². The molecule has 0 atom stereocenters. The first-order chi connectivity index (χ1) is 13.2. The van der Waals surface area contributed by atoms with E-state index in [1.165, 1.54) is 24.3 Å². The van der Waals surface area contributed by atoms with Crippen molar-refractivity contribution >= 4 is 27.4 Å². The molecule has 146 valence electrons. The third kappa shape index (κ3) is 4.23. The number of nitrogens with one attached hydrogen (secondary N) is 2. The molecule has 0 aliphatic carbocycles. The average molecular weight is 399 g/mol. The predicted molar refractivity (Wildman–Crippen MR) is 107 cm³/mol. The third-order valence-corrected chi connectivity index (χ3v) is 5.54.